The molecular formula is C7H6FIN2. The third-order valence-electron chi connectivity index (χ3n) is 1.23. The normalized spacial score (nSPS) is 11.6. The van der Waals surface area contributed by atoms with Crippen molar-refractivity contribution in [3.8, 4) is 0 Å². The number of nitrogens with zero attached hydrogens (tertiary/aromatic N) is 1. The van der Waals surface area contributed by atoms with E-state index in [2.05, 4.69) is 3.21 Å². The molecule has 2 nitrogen and oxygen atoms in total. The predicted octanol–water partition coefficient (Wildman–Crippen LogP) is 1.88. The smallest absolute Gasteiger partial charge is 0.137 e. The van der Waals surface area contributed by atoms with Crippen LogP contribution in [0.2, 0.25) is 0 Å². The number of benzene rings is 1. The van der Waals surface area contributed by atoms with Crippen LogP contribution >= 0.6 is 22.9 Å². The van der Waals surface area contributed by atoms with Crippen molar-refractivity contribution < 1.29 is 4.39 Å². The first-order valence-corrected chi connectivity index (χ1v) is 3.91. The molecule has 4 heteroatoms. The highest BCUT2D eigenvalue weighted by atomic mass is 127. The van der Waals surface area contributed by atoms with Crippen LogP contribution in [0.25, 0.3) is 0 Å². The molecule has 0 aliphatic carbocycles. The van der Waals surface area contributed by atoms with Gasteiger partial charge in [-0.1, -0.05) is 0 Å². The number of hydrogen-bond donors (Lipinski definition) is 1. The maximum atomic E-state index is 12.4. The van der Waals surface area contributed by atoms with Gasteiger partial charge in [-0.2, -0.15) is 3.21 Å². The van der Waals surface area contributed by atoms with Crippen molar-refractivity contribution in [3.05, 3.63) is 35.6 Å². The Hall–Kier alpha value is -0.650. The first-order valence-electron chi connectivity index (χ1n) is 2.94. The molecule has 0 spiro atoms. The van der Waals surface area contributed by atoms with Crippen molar-refractivity contribution in [1.82, 2.24) is 0 Å². The van der Waals surface area contributed by atoms with E-state index in [0.29, 0.717) is 5.84 Å². The van der Waals surface area contributed by atoms with E-state index in [4.69, 9.17) is 5.73 Å². The minimum atomic E-state index is -0.269. The van der Waals surface area contributed by atoms with Crippen LogP contribution in [0.15, 0.2) is 27.5 Å². The van der Waals surface area contributed by atoms with E-state index >= 15 is 0 Å². The molecule has 1 rings (SSSR count). The molecule has 0 heterocycles. The molecule has 0 saturated carbocycles. The second-order valence-electron chi connectivity index (χ2n) is 1.98. The number of nitrogens with two attached hydrogens (primary N) is 1. The Kier molecular flexibility index (Phi) is 2.81. The highest BCUT2D eigenvalue weighted by molar-refractivity contribution is 14.1. The summed E-state index contributed by atoms with van der Waals surface area (Å²) in [6.07, 6.45) is 0. The number of rotatable bonds is 1. The average molecular weight is 264 g/mol. The summed E-state index contributed by atoms with van der Waals surface area (Å²) in [4.78, 5) is 0. The highest BCUT2D eigenvalue weighted by Crippen LogP contribution is 2.03. The number of hydrogen-bond acceptors (Lipinski definition) is 1. The van der Waals surface area contributed by atoms with Gasteiger partial charge < -0.3 is 5.73 Å². The molecule has 0 aliphatic rings. The molecule has 0 amide bonds. The Bertz CT molecular complexity index is 268. The maximum Gasteiger partial charge on any atom is 0.137 e. The van der Waals surface area contributed by atoms with Crippen LogP contribution in [0.3, 0.4) is 0 Å². The molecule has 0 atom stereocenters. The van der Waals surface area contributed by atoms with E-state index in [9.17, 15) is 4.39 Å². The first-order chi connectivity index (χ1) is 5.24. The minimum absolute atomic E-state index is 0.269. The summed E-state index contributed by atoms with van der Waals surface area (Å²) in [7, 11) is 0. The van der Waals surface area contributed by atoms with Crippen LogP contribution in [0.1, 0.15) is 5.56 Å². The second-order valence-corrected chi connectivity index (χ2v) is 2.46. The van der Waals surface area contributed by atoms with E-state index in [1.54, 1.807) is 35.0 Å². The lowest BCUT2D eigenvalue weighted by atomic mass is 10.2. The van der Waals surface area contributed by atoms with Gasteiger partial charge >= 0.3 is 0 Å². The SMILES string of the molecule is N/C(=N\I)c1ccc(F)cc1. The van der Waals surface area contributed by atoms with Gasteiger partial charge in [0.2, 0.25) is 0 Å². The van der Waals surface area contributed by atoms with Crippen molar-refractivity contribution in [2.45, 2.75) is 0 Å². The van der Waals surface area contributed by atoms with E-state index in [0.717, 1.165) is 5.56 Å². The van der Waals surface area contributed by atoms with Gasteiger partial charge in [-0.05, 0) is 24.3 Å². The first kappa shape index (κ1) is 8.45. The van der Waals surface area contributed by atoms with Crippen molar-refractivity contribution in [3.63, 3.8) is 0 Å². The van der Waals surface area contributed by atoms with E-state index in [1.807, 2.05) is 0 Å². The quantitative estimate of drug-likeness (QED) is 0.469. The minimum Gasteiger partial charge on any atom is -0.383 e. The molecule has 0 radical (unpaired) electrons. The van der Waals surface area contributed by atoms with Gasteiger partial charge in [-0.3, -0.25) is 0 Å². The zero-order valence-corrected chi connectivity index (χ0v) is 7.75. The molecule has 58 valence electrons. The van der Waals surface area contributed by atoms with Crippen LogP contribution in [-0.4, -0.2) is 5.84 Å². The lowest BCUT2D eigenvalue weighted by Gasteiger charge is -1.96. The maximum absolute atomic E-state index is 12.4. The van der Waals surface area contributed by atoms with E-state index in [-0.39, 0.29) is 5.82 Å². The third kappa shape index (κ3) is 2.14. The molecule has 2 N–H and O–H groups in total. The Balaban J connectivity index is 2.99. The van der Waals surface area contributed by atoms with Gasteiger partial charge in [0.25, 0.3) is 0 Å². The van der Waals surface area contributed by atoms with Crippen LogP contribution in [-0.2, 0) is 0 Å². The summed E-state index contributed by atoms with van der Waals surface area (Å²) in [5, 5.41) is 0. The van der Waals surface area contributed by atoms with Crippen LogP contribution in [0.4, 0.5) is 4.39 Å². The molecule has 0 aliphatic heterocycles. The van der Waals surface area contributed by atoms with Gasteiger partial charge in [0.05, 0.1) is 22.9 Å². The van der Waals surface area contributed by atoms with E-state index < -0.39 is 0 Å². The summed E-state index contributed by atoms with van der Waals surface area (Å²) in [5.74, 6) is 0.139. The molecule has 1 aromatic rings. The van der Waals surface area contributed by atoms with Gasteiger partial charge in [0.1, 0.15) is 11.7 Å². The third-order valence-corrected chi connectivity index (χ3v) is 1.75. The van der Waals surface area contributed by atoms with Crippen molar-refractivity contribution in [2.24, 2.45) is 8.94 Å². The highest BCUT2D eigenvalue weighted by Gasteiger charge is 1.96. The molecule has 0 aromatic heterocycles. The molecular weight excluding hydrogens is 258 g/mol. The monoisotopic (exact) mass is 264 g/mol. The van der Waals surface area contributed by atoms with Crippen molar-refractivity contribution in [2.75, 3.05) is 0 Å². The molecule has 0 bridgehead atoms. The Morgan fingerprint density at radius 2 is 1.91 bits per heavy atom. The fourth-order valence-corrected chi connectivity index (χ4v) is 0.948. The topological polar surface area (TPSA) is 38.4 Å². The number of amidine groups is 1. The predicted molar refractivity (Wildman–Crippen MR) is 51.1 cm³/mol. The van der Waals surface area contributed by atoms with Crippen molar-refractivity contribution in [1.29, 1.82) is 0 Å². The van der Waals surface area contributed by atoms with Crippen LogP contribution in [0, 0.1) is 5.82 Å². The van der Waals surface area contributed by atoms with E-state index in [1.165, 1.54) is 12.1 Å². The summed E-state index contributed by atoms with van der Waals surface area (Å²) in [6.45, 7) is 0. The van der Waals surface area contributed by atoms with Gasteiger partial charge in [0, 0.05) is 5.56 Å². The molecule has 1 aromatic carbocycles. The Morgan fingerprint density at radius 3 is 2.36 bits per heavy atom. The lowest BCUT2D eigenvalue weighted by Crippen LogP contribution is -2.11. The summed E-state index contributed by atoms with van der Waals surface area (Å²) in [5.41, 5.74) is 6.20. The molecule has 0 fully saturated rings. The molecule has 0 unspecified atom stereocenters. The Morgan fingerprint density at radius 1 is 1.36 bits per heavy atom. The zero-order chi connectivity index (χ0) is 8.27. The summed E-state index contributed by atoms with van der Waals surface area (Å²) >= 11 is 1.79. The summed E-state index contributed by atoms with van der Waals surface area (Å²) < 4.78 is 16.1. The molecule has 11 heavy (non-hydrogen) atoms. The average Bonchev–Trinajstić information content (AvgIpc) is 2.05. The molecule has 0 saturated heterocycles. The fourth-order valence-electron chi connectivity index (χ4n) is 0.669. The second kappa shape index (κ2) is 3.66. The standard InChI is InChI=1S/C7H6FIN2/c8-6-3-1-5(2-4-6)7(10)11-9/h1-4H,(H2,10,11). The van der Waals surface area contributed by atoms with Crippen LogP contribution < -0.4 is 5.73 Å². The fraction of sp³-hybridized carbons (Fsp3) is 0. The lowest BCUT2D eigenvalue weighted by molar-refractivity contribution is 0.628. The van der Waals surface area contributed by atoms with Gasteiger partial charge in [-0.15, -0.1) is 0 Å². The summed E-state index contributed by atoms with van der Waals surface area (Å²) in [6, 6.07) is 5.88. The largest absolute Gasteiger partial charge is 0.383 e. The Labute approximate surface area is 77.8 Å². The zero-order valence-electron chi connectivity index (χ0n) is 5.59. The van der Waals surface area contributed by atoms with Gasteiger partial charge in [0.15, 0.2) is 0 Å². The van der Waals surface area contributed by atoms with Gasteiger partial charge in [-0.25, -0.2) is 4.39 Å². The number of halogens is 2. The van der Waals surface area contributed by atoms with Crippen LogP contribution in [0.5, 0.6) is 0 Å². The van der Waals surface area contributed by atoms with Crippen molar-refractivity contribution >= 4 is 28.7 Å².